The molecule has 0 spiro atoms. The van der Waals surface area contributed by atoms with Crippen molar-refractivity contribution in [2.24, 2.45) is 10.7 Å². The van der Waals surface area contributed by atoms with Crippen molar-refractivity contribution in [2.45, 2.75) is 6.42 Å². The highest BCUT2D eigenvalue weighted by atomic mass is 16.1. The summed E-state index contributed by atoms with van der Waals surface area (Å²) in [6.07, 6.45) is 0.679. The van der Waals surface area contributed by atoms with Gasteiger partial charge in [-0.25, -0.2) is 0 Å². The summed E-state index contributed by atoms with van der Waals surface area (Å²) in [7, 11) is 0. The van der Waals surface area contributed by atoms with Gasteiger partial charge in [-0.1, -0.05) is 30.3 Å². The second-order valence-electron chi connectivity index (χ2n) is 5.18. The number of guanidine groups is 1. The summed E-state index contributed by atoms with van der Waals surface area (Å²) in [6.45, 7) is 1.69. The van der Waals surface area contributed by atoms with Crippen molar-refractivity contribution in [3.8, 4) is 0 Å². The molecule has 0 aliphatic carbocycles. The van der Waals surface area contributed by atoms with Gasteiger partial charge >= 0.3 is 0 Å². The maximum absolute atomic E-state index is 11.5. The van der Waals surface area contributed by atoms with E-state index >= 15 is 0 Å². The Morgan fingerprint density at radius 3 is 2.64 bits per heavy atom. The van der Waals surface area contributed by atoms with Crippen LogP contribution in [-0.2, 0) is 6.42 Å². The molecule has 1 heterocycles. The van der Waals surface area contributed by atoms with E-state index in [0.29, 0.717) is 12.0 Å². The van der Waals surface area contributed by atoms with E-state index in [9.17, 15) is 4.79 Å². The van der Waals surface area contributed by atoms with E-state index < -0.39 is 0 Å². The fourth-order valence-electron chi connectivity index (χ4n) is 2.46. The minimum absolute atomic E-state index is 0.390. The summed E-state index contributed by atoms with van der Waals surface area (Å²) in [4.78, 5) is 15.7. The van der Waals surface area contributed by atoms with Crippen molar-refractivity contribution in [3.05, 3.63) is 65.2 Å². The van der Waals surface area contributed by atoms with Crippen LogP contribution in [0.2, 0.25) is 0 Å². The first-order valence-electron chi connectivity index (χ1n) is 7.24. The molecule has 0 radical (unpaired) electrons. The van der Waals surface area contributed by atoms with Crippen LogP contribution in [-0.4, -0.2) is 25.0 Å². The van der Waals surface area contributed by atoms with Crippen LogP contribution in [0, 0.1) is 0 Å². The molecular weight excluding hydrogens is 276 g/mol. The van der Waals surface area contributed by atoms with Crippen LogP contribution >= 0.6 is 0 Å². The van der Waals surface area contributed by atoms with Crippen LogP contribution < -0.4 is 16.4 Å². The normalized spacial score (nSPS) is 13.4. The van der Waals surface area contributed by atoms with E-state index in [2.05, 4.69) is 15.6 Å². The number of hydrogen-bond donors (Lipinski definition) is 3. The molecular formula is C17H18N4O. The summed E-state index contributed by atoms with van der Waals surface area (Å²) >= 11 is 0. The maximum Gasteiger partial charge on any atom is 0.248 e. The van der Waals surface area contributed by atoms with Crippen LogP contribution in [0.15, 0.2) is 53.5 Å². The van der Waals surface area contributed by atoms with Gasteiger partial charge in [0.2, 0.25) is 5.91 Å². The highest BCUT2D eigenvalue weighted by molar-refractivity contribution is 5.95. The molecule has 0 unspecified atom stereocenters. The molecule has 3 rings (SSSR count). The maximum atomic E-state index is 11.5. The molecule has 2 aromatic carbocycles. The van der Waals surface area contributed by atoms with Gasteiger partial charge in [-0.2, -0.15) is 0 Å². The minimum Gasteiger partial charge on any atom is -0.366 e. The largest absolute Gasteiger partial charge is 0.366 e. The Kier molecular flexibility index (Phi) is 4.05. The number of anilines is 1. The zero-order chi connectivity index (χ0) is 15.4. The van der Waals surface area contributed by atoms with E-state index in [4.69, 9.17) is 5.73 Å². The molecule has 0 saturated heterocycles. The van der Waals surface area contributed by atoms with Crippen LogP contribution in [0.3, 0.4) is 0 Å². The van der Waals surface area contributed by atoms with Gasteiger partial charge in [-0.3, -0.25) is 9.79 Å². The SMILES string of the molecule is NC(=O)c1ccccc1Cc1ccc(NC2=NCCN2)cc1. The van der Waals surface area contributed by atoms with Gasteiger partial charge in [0.15, 0.2) is 5.96 Å². The topological polar surface area (TPSA) is 79.5 Å². The highest BCUT2D eigenvalue weighted by Gasteiger charge is 2.08. The first kappa shape index (κ1) is 14.1. The molecule has 0 saturated carbocycles. The van der Waals surface area contributed by atoms with Gasteiger partial charge in [0.25, 0.3) is 0 Å². The Morgan fingerprint density at radius 1 is 1.18 bits per heavy atom. The van der Waals surface area contributed by atoms with Gasteiger partial charge < -0.3 is 16.4 Å². The smallest absolute Gasteiger partial charge is 0.248 e. The van der Waals surface area contributed by atoms with Crippen molar-refractivity contribution in [1.29, 1.82) is 0 Å². The number of benzene rings is 2. The van der Waals surface area contributed by atoms with E-state index in [-0.39, 0.29) is 5.91 Å². The van der Waals surface area contributed by atoms with Gasteiger partial charge in [0.1, 0.15) is 0 Å². The highest BCUT2D eigenvalue weighted by Crippen LogP contribution is 2.16. The summed E-state index contributed by atoms with van der Waals surface area (Å²) < 4.78 is 0. The lowest BCUT2D eigenvalue weighted by molar-refractivity contribution is 0.0999. The van der Waals surface area contributed by atoms with E-state index in [1.807, 2.05) is 42.5 Å². The summed E-state index contributed by atoms with van der Waals surface area (Å²) in [5.74, 6) is 0.422. The molecule has 2 aromatic rings. The van der Waals surface area contributed by atoms with Crippen LogP contribution in [0.4, 0.5) is 5.69 Å². The molecule has 5 heteroatoms. The Hall–Kier alpha value is -2.82. The van der Waals surface area contributed by atoms with Crippen molar-refractivity contribution in [3.63, 3.8) is 0 Å². The van der Waals surface area contributed by atoms with Gasteiger partial charge in [-0.05, 0) is 35.7 Å². The zero-order valence-corrected chi connectivity index (χ0v) is 12.2. The minimum atomic E-state index is -0.390. The van der Waals surface area contributed by atoms with Crippen molar-refractivity contribution in [2.75, 3.05) is 18.4 Å². The van der Waals surface area contributed by atoms with Gasteiger partial charge in [0.05, 0.1) is 6.54 Å². The number of amides is 1. The Labute approximate surface area is 129 Å². The monoisotopic (exact) mass is 294 g/mol. The fourth-order valence-corrected chi connectivity index (χ4v) is 2.46. The number of nitrogens with two attached hydrogens (primary N) is 1. The number of rotatable bonds is 4. The molecule has 5 nitrogen and oxygen atoms in total. The van der Waals surface area contributed by atoms with E-state index in [1.54, 1.807) is 6.07 Å². The van der Waals surface area contributed by atoms with E-state index in [0.717, 1.165) is 35.9 Å². The second-order valence-corrected chi connectivity index (χ2v) is 5.18. The number of primary amides is 1. The fraction of sp³-hybridized carbons (Fsp3) is 0.176. The number of carbonyl (C=O) groups is 1. The molecule has 1 aliphatic rings. The lowest BCUT2D eigenvalue weighted by atomic mass is 9.99. The van der Waals surface area contributed by atoms with Crippen LogP contribution in [0.1, 0.15) is 21.5 Å². The predicted octanol–water partition coefficient (Wildman–Crippen LogP) is 1.75. The Bertz CT molecular complexity index is 707. The van der Waals surface area contributed by atoms with Crippen molar-refractivity contribution >= 4 is 17.6 Å². The standard InChI is InChI=1S/C17H18N4O/c18-16(22)15-4-2-1-3-13(15)11-12-5-7-14(8-6-12)21-17-19-9-10-20-17/h1-8H,9-11H2,(H2,18,22)(H2,19,20,21). The molecule has 0 atom stereocenters. The molecule has 4 N–H and O–H groups in total. The molecule has 0 bridgehead atoms. The van der Waals surface area contributed by atoms with E-state index in [1.165, 1.54) is 0 Å². The first-order chi connectivity index (χ1) is 10.7. The Morgan fingerprint density at radius 2 is 1.95 bits per heavy atom. The number of nitrogens with one attached hydrogen (secondary N) is 2. The third kappa shape index (κ3) is 3.25. The molecule has 0 fully saturated rings. The van der Waals surface area contributed by atoms with Crippen molar-refractivity contribution < 1.29 is 4.79 Å². The second kappa shape index (κ2) is 6.30. The molecule has 1 aliphatic heterocycles. The predicted molar refractivity (Wildman–Crippen MR) is 88.1 cm³/mol. The molecule has 22 heavy (non-hydrogen) atoms. The lowest BCUT2D eigenvalue weighted by Gasteiger charge is -2.09. The number of nitrogens with zero attached hydrogens (tertiary/aromatic N) is 1. The quantitative estimate of drug-likeness (QED) is 0.803. The zero-order valence-electron chi connectivity index (χ0n) is 12.2. The third-order valence-corrected chi connectivity index (χ3v) is 3.57. The van der Waals surface area contributed by atoms with Crippen molar-refractivity contribution in [1.82, 2.24) is 5.32 Å². The Balaban J connectivity index is 1.72. The summed E-state index contributed by atoms with van der Waals surface area (Å²) in [5.41, 5.74) is 9.05. The number of carbonyl (C=O) groups excluding carboxylic acids is 1. The van der Waals surface area contributed by atoms with Crippen LogP contribution in [0.5, 0.6) is 0 Å². The average Bonchev–Trinajstić information content (AvgIpc) is 3.02. The molecule has 0 aromatic heterocycles. The molecule has 1 amide bonds. The molecule has 112 valence electrons. The number of hydrogen-bond acceptors (Lipinski definition) is 4. The summed E-state index contributed by atoms with van der Waals surface area (Å²) in [6, 6.07) is 15.5. The average molecular weight is 294 g/mol. The van der Waals surface area contributed by atoms with Crippen LogP contribution in [0.25, 0.3) is 0 Å². The first-order valence-corrected chi connectivity index (χ1v) is 7.24. The lowest BCUT2D eigenvalue weighted by Crippen LogP contribution is -2.26. The number of aliphatic imine (C=N–C) groups is 1. The van der Waals surface area contributed by atoms with Gasteiger partial charge in [0, 0.05) is 17.8 Å². The summed E-state index contributed by atoms with van der Waals surface area (Å²) in [5, 5.41) is 6.39. The third-order valence-electron chi connectivity index (χ3n) is 3.57. The van der Waals surface area contributed by atoms with Gasteiger partial charge in [-0.15, -0.1) is 0 Å².